The Morgan fingerprint density at radius 3 is 2.58 bits per heavy atom. The molecule has 1 aliphatic rings. The molecule has 0 amide bonds. The van der Waals surface area contributed by atoms with E-state index in [1.807, 2.05) is 18.2 Å². The van der Waals surface area contributed by atoms with Crippen LogP contribution in [-0.4, -0.2) is 0 Å². The van der Waals surface area contributed by atoms with Crippen molar-refractivity contribution < 1.29 is 4.74 Å². The molecule has 2 aromatic rings. The molecule has 98 valence electrons. The molecule has 2 N–H and O–H groups in total. The van der Waals surface area contributed by atoms with Gasteiger partial charge in [0.25, 0.3) is 0 Å². The molecule has 1 heterocycles. The highest BCUT2D eigenvalue weighted by atomic mass is 16.5. The van der Waals surface area contributed by atoms with Crippen LogP contribution in [0.3, 0.4) is 0 Å². The predicted octanol–water partition coefficient (Wildman–Crippen LogP) is 3.83. The molecule has 0 saturated carbocycles. The van der Waals surface area contributed by atoms with Gasteiger partial charge in [0, 0.05) is 18.0 Å². The molecular weight excluding hydrogens is 234 g/mol. The lowest BCUT2D eigenvalue weighted by atomic mass is 9.90. The Morgan fingerprint density at radius 2 is 1.74 bits per heavy atom. The molecule has 2 heteroatoms. The topological polar surface area (TPSA) is 35.2 Å². The first-order chi connectivity index (χ1) is 9.16. The van der Waals surface area contributed by atoms with Gasteiger partial charge in [0.05, 0.1) is 0 Å². The minimum Gasteiger partial charge on any atom is -0.485 e. The average molecular weight is 253 g/mol. The van der Waals surface area contributed by atoms with Crippen molar-refractivity contribution in [2.75, 3.05) is 0 Å². The third kappa shape index (κ3) is 2.13. The number of nitrogens with two attached hydrogens (primary N) is 1. The van der Waals surface area contributed by atoms with Gasteiger partial charge in [-0.3, -0.25) is 0 Å². The third-order valence-corrected chi connectivity index (χ3v) is 4.05. The highest BCUT2D eigenvalue weighted by molar-refractivity contribution is 5.41. The molecule has 0 aliphatic carbocycles. The Kier molecular flexibility index (Phi) is 3.03. The van der Waals surface area contributed by atoms with Crippen molar-refractivity contribution in [1.29, 1.82) is 0 Å². The number of rotatable bonds is 1. The summed E-state index contributed by atoms with van der Waals surface area (Å²) in [7, 11) is 0. The molecular formula is C17H19NO. The normalized spacial score (nSPS) is 21.6. The summed E-state index contributed by atoms with van der Waals surface area (Å²) in [6.45, 7) is 4.29. The van der Waals surface area contributed by atoms with E-state index in [1.54, 1.807) is 0 Å². The maximum absolute atomic E-state index is 6.28. The zero-order valence-electron chi connectivity index (χ0n) is 11.4. The quantitative estimate of drug-likeness (QED) is 0.838. The number of benzene rings is 2. The summed E-state index contributed by atoms with van der Waals surface area (Å²) in [5, 5.41) is 0. The van der Waals surface area contributed by atoms with E-state index in [1.165, 1.54) is 16.7 Å². The summed E-state index contributed by atoms with van der Waals surface area (Å²) < 4.78 is 6.14. The largest absolute Gasteiger partial charge is 0.485 e. The van der Waals surface area contributed by atoms with E-state index in [-0.39, 0.29) is 12.1 Å². The second-order valence-corrected chi connectivity index (χ2v) is 5.28. The molecule has 0 radical (unpaired) electrons. The molecule has 2 aromatic carbocycles. The van der Waals surface area contributed by atoms with Gasteiger partial charge in [-0.1, -0.05) is 36.4 Å². The lowest BCUT2D eigenvalue weighted by Crippen LogP contribution is -2.24. The number of aryl methyl sites for hydroxylation is 1. The van der Waals surface area contributed by atoms with Gasteiger partial charge >= 0.3 is 0 Å². The molecule has 0 spiro atoms. The lowest BCUT2D eigenvalue weighted by Gasteiger charge is -2.31. The second-order valence-electron chi connectivity index (χ2n) is 5.28. The molecule has 3 rings (SSSR count). The highest BCUT2D eigenvalue weighted by Gasteiger charge is 2.27. The number of hydrogen-bond donors (Lipinski definition) is 1. The van der Waals surface area contributed by atoms with Gasteiger partial charge in [-0.25, -0.2) is 0 Å². The fraction of sp³-hybridized carbons (Fsp3) is 0.294. The van der Waals surface area contributed by atoms with Gasteiger partial charge < -0.3 is 10.5 Å². The maximum atomic E-state index is 6.28. The molecule has 1 unspecified atom stereocenters. The van der Waals surface area contributed by atoms with Gasteiger partial charge in [-0.05, 0) is 36.6 Å². The standard InChI is InChI=1S/C17H19NO/c1-11-6-5-8-13(12(11)2)17-10-15(18)14-7-3-4-9-16(14)19-17/h3-9,15,17H,10,18H2,1-2H3/t15-,17?/m0/s1. The van der Waals surface area contributed by atoms with E-state index >= 15 is 0 Å². The van der Waals surface area contributed by atoms with Crippen molar-refractivity contribution in [3.63, 3.8) is 0 Å². The maximum Gasteiger partial charge on any atom is 0.126 e. The zero-order valence-corrected chi connectivity index (χ0v) is 11.4. The van der Waals surface area contributed by atoms with Crippen LogP contribution in [0.25, 0.3) is 0 Å². The van der Waals surface area contributed by atoms with Crippen LogP contribution >= 0.6 is 0 Å². The van der Waals surface area contributed by atoms with Crippen molar-refractivity contribution in [2.24, 2.45) is 5.73 Å². The minimum absolute atomic E-state index is 0.0508. The van der Waals surface area contributed by atoms with E-state index in [2.05, 4.69) is 38.1 Å². The summed E-state index contributed by atoms with van der Waals surface area (Å²) in [5.41, 5.74) is 11.3. The fourth-order valence-corrected chi connectivity index (χ4v) is 2.77. The van der Waals surface area contributed by atoms with Crippen LogP contribution < -0.4 is 10.5 Å². The van der Waals surface area contributed by atoms with Crippen LogP contribution in [0.1, 0.15) is 40.8 Å². The highest BCUT2D eigenvalue weighted by Crippen LogP contribution is 2.40. The zero-order chi connectivity index (χ0) is 13.4. The third-order valence-electron chi connectivity index (χ3n) is 4.05. The molecule has 0 saturated heterocycles. The minimum atomic E-state index is 0.0508. The van der Waals surface area contributed by atoms with Crippen molar-refractivity contribution in [3.8, 4) is 5.75 Å². The second kappa shape index (κ2) is 4.71. The van der Waals surface area contributed by atoms with Gasteiger partial charge in [-0.2, -0.15) is 0 Å². The molecule has 2 atom stereocenters. The Bertz CT molecular complexity index is 606. The summed E-state index contributed by atoms with van der Waals surface area (Å²) in [6.07, 6.45) is 0.895. The Balaban J connectivity index is 1.99. The summed E-state index contributed by atoms with van der Waals surface area (Å²) in [5.74, 6) is 0.923. The van der Waals surface area contributed by atoms with E-state index in [0.717, 1.165) is 17.7 Å². The number of para-hydroxylation sites is 1. The average Bonchev–Trinajstić information content (AvgIpc) is 2.42. The van der Waals surface area contributed by atoms with E-state index in [9.17, 15) is 0 Å². The number of hydrogen-bond acceptors (Lipinski definition) is 2. The Labute approximate surface area is 114 Å². The van der Waals surface area contributed by atoms with E-state index < -0.39 is 0 Å². The summed E-state index contributed by atoms with van der Waals surface area (Å²) in [4.78, 5) is 0. The summed E-state index contributed by atoms with van der Waals surface area (Å²) >= 11 is 0. The number of fused-ring (bicyclic) bond motifs is 1. The first-order valence-corrected chi connectivity index (χ1v) is 6.74. The lowest BCUT2D eigenvalue weighted by molar-refractivity contribution is 0.161. The van der Waals surface area contributed by atoms with Crippen molar-refractivity contribution in [2.45, 2.75) is 32.4 Å². The molecule has 0 fully saturated rings. The van der Waals surface area contributed by atoms with Crippen LogP contribution in [0.2, 0.25) is 0 Å². The predicted molar refractivity (Wildman–Crippen MR) is 77.3 cm³/mol. The smallest absolute Gasteiger partial charge is 0.126 e. The molecule has 0 aromatic heterocycles. The Morgan fingerprint density at radius 1 is 1.00 bits per heavy atom. The van der Waals surface area contributed by atoms with Crippen molar-refractivity contribution >= 4 is 0 Å². The Hall–Kier alpha value is -1.80. The van der Waals surface area contributed by atoms with Crippen LogP contribution in [0.4, 0.5) is 0 Å². The van der Waals surface area contributed by atoms with Gasteiger partial charge in [-0.15, -0.1) is 0 Å². The molecule has 19 heavy (non-hydrogen) atoms. The van der Waals surface area contributed by atoms with Gasteiger partial charge in [0.15, 0.2) is 0 Å². The van der Waals surface area contributed by atoms with Crippen LogP contribution in [0, 0.1) is 13.8 Å². The van der Waals surface area contributed by atoms with Crippen LogP contribution in [0.5, 0.6) is 5.75 Å². The fourth-order valence-electron chi connectivity index (χ4n) is 2.77. The SMILES string of the molecule is Cc1cccc(C2C[C@H](N)c3ccccc3O2)c1C. The summed E-state index contributed by atoms with van der Waals surface area (Å²) in [6, 6.07) is 14.5. The van der Waals surface area contributed by atoms with Gasteiger partial charge in [0.2, 0.25) is 0 Å². The van der Waals surface area contributed by atoms with Crippen molar-refractivity contribution in [3.05, 3.63) is 64.7 Å². The molecule has 1 aliphatic heterocycles. The van der Waals surface area contributed by atoms with E-state index in [4.69, 9.17) is 10.5 Å². The van der Waals surface area contributed by atoms with Gasteiger partial charge in [0.1, 0.15) is 11.9 Å². The first-order valence-electron chi connectivity index (χ1n) is 6.74. The van der Waals surface area contributed by atoms with Crippen LogP contribution in [0.15, 0.2) is 42.5 Å². The molecule has 0 bridgehead atoms. The van der Waals surface area contributed by atoms with E-state index in [0.29, 0.717) is 0 Å². The number of ether oxygens (including phenoxy) is 1. The monoisotopic (exact) mass is 253 g/mol. The van der Waals surface area contributed by atoms with Crippen LogP contribution in [-0.2, 0) is 0 Å². The van der Waals surface area contributed by atoms with Crippen molar-refractivity contribution in [1.82, 2.24) is 0 Å². The first kappa shape index (κ1) is 12.2. The molecule has 2 nitrogen and oxygen atoms in total.